The molecule has 0 aliphatic carbocycles. The molecule has 2 unspecified atom stereocenters. The second-order valence-electron chi connectivity index (χ2n) is 5.80. The lowest BCUT2D eigenvalue weighted by Gasteiger charge is -2.45. The average molecular weight is 264 g/mol. The van der Waals surface area contributed by atoms with E-state index in [1.54, 1.807) is 0 Å². The lowest BCUT2D eigenvalue weighted by molar-refractivity contribution is 0.0314. The Hall–Kier alpha value is -0.380. The summed E-state index contributed by atoms with van der Waals surface area (Å²) in [5, 5.41) is 0. The maximum atomic E-state index is 2.71. The first-order valence-corrected chi connectivity index (χ1v) is 8.10. The van der Waals surface area contributed by atoms with E-state index in [-0.39, 0.29) is 0 Å². The summed E-state index contributed by atoms with van der Waals surface area (Å²) < 4.78 is 0. The Morgan fingerprint density at radius 1 is 1.22 bits per heavy atom. The minimum atomic E-state index is 0.604. The van der Waals surface area contributed by atoms with Crippen molar-refractivity contribution >= 4 is 11.3 Å². The molecule has 0 amide bonds. The summed E-state index contributed by atoms with van der Waals surface area (Å²) in [5.74, 6) is 0. The van der Waals surface area contributed by atoms with Gasteiger partial charge in [-0.25, -0.2) is 0 Å². The first-order chi connectivity index (χ1) is 8.74. The number of piperidine rings is 1. The van der Waals surface area contributed by atoms with Gasteiger partial charge in [0.25, 0.3) is 0 Å². The largest absolute Gasteiger partial charge is 0.298 e. The molecule has 0 bridgehead atoms. The van der Waals surface area contributed by atoms with Crippen molar-refractivity contribution in [1.29, 1.82) is 0 Å². The second-order valence-corrected chi connectivity index (χ2v) is 7.12. The topological polar surface area (TPSA) is 6.48 Å². The molecule has 0 saturated carbocycles. The van der Waals surface area contributed by atoms with Gasteiger partial charge >= 0.3 is 0 Å². The number of aryl methyl sites for hydroxylation is 1. The van der Waals surface area contributed by atoms with Crippen LogP contribution in [0, 0.1) is 6.92 Å². The maximum absolute atomic E-state index is 2.71. The highest BCUT2D eigenvalue weighted by molar-refractivity contribution is 7.12. The van der Waals surface area contributed by atoms with Crippen LogP contribution < -0.4 is 0 Å². The van der Waals surface area contributed by atoms with Gasteiger partial charge in [-0.05, 0) is 45.4 Å². The van der Waals surface area contributed by atoms with Crippen molar-refractivity contribution in [3.8, 4) is 0 Å². The van der Waals surface area contributed by atoms with E-state index in [4.69, 9.17) is 0 Å². The Morgan fingerprint density at radius 2 is 2.11 bits per heavy atom. The van der Waals surface area contributed by atoms with Gasteiger partial charge in [-0.1, -0.05) is 6.42 Å². The molecule has 1 aromatic rings. The van der Waals surface area contributed by atoms with E-state index in [1.807, 2.05) is 11.3 Å². The van der Waals surface area contributed by atoms with Crippen molar-refractivity contribution < 1.29 is 0 Å². The molecular weight excluding hydrogens is 240 g/mol. The molecule has 2 nitrogen and oxygen atoms in total. The molecule has 2 atom stereocenters. The number of hydrogen-bond donors (Lipinski definition) is 0. The highest BCUT2D eigenvalue weighted by Gasteiger charge is 2.31. The van der Waals surface area contributed by atoms with E-state index in [9.17, 15) is 0 Å². The fourth-order valence-electron chi connectivity index (χ4n) is 3.39. The van der Waals surface area contributed by atoms with E-state index in [2.05, 4.69) is 35.8 Å². The van der Waals surface area contributed by atoms with Gasteiger partial charge in [0.15, 0.2) is 0 Å². The fraction of sp³-hybridized carbons (Fsp3) is 0.733. The van der Waals surface area contributed by atoms with Crippen LogP contribution in [0.4, 0.5) is 0 Å². The van der Waals surface area contributed by atoms with Crippen molar-refractivity contribution in [3.63, 3.8) is 0 Å². The van der Waals surface area contributed by atoms with E-state index in [0.29, 0.717) is 6.04 Å². The average Bonchev–Trinajstić information content (AvgIpc) is 2.84. The normalized spacial score (nSPS) is 28.0. The predicted octanol–water partition coefficient (Wildman–Crippen LogP) is 3.29. The standard InChI is InChI=1S/C15H24N2S/c1-12-6-7-15(18-12)13(2)17-10-9-16-8-4-3-5-14(16)11-17/h6-7,13-14H,3-5,8-11H2,1-2H3. The van der Waals surface area contributed by atoms with Crippen LogP contribution in [0.15, 0.2) is 12.1 Å². The smallest absolute Gasteiger partial charge is 0.0414 e. The minimum absolute atomic E-state index is 0.604. The molecule has 3 heterocycles. The minimum Gasteiger partial charge on any atom is -0.298 e. The zero-order chi connectivity index (χ0) is 12.5. The van der Waals surface area contributed by atoms with E-state index in [1.165, 1.54) is 55.2 Å². The molecule has 2 fully saturated rings. The van der Waals surface area contributed by atoms with Crippen LogP contribution in [0.3, 0.4) is 0 Å². The molecule has 0 spiro atoms. The zero-order valence-corrected chi connectivity index (χ0v) is 12.4. The summed E-state index contributed by atoms with van der Waals surface area (Å²) in [6, 6.07) is 6.01. The van der Waals surface area contributed by atoms with Crippen molar-refractivity contribution in [2.24, 2.45) is 0 Å². The van der Waals surface area contributed by atoms with Gasteiger partial charge in [-0.15, -0.1) is 11.3 Å². The van der Waals surface area contributed by atoms with Gasteiger partial charge in [0.05, 0.1) is 0 Å². The molecule has 100 valence electrons. The molecule has 2 saturated heterocycles. The Labute approximate surface area is 115 Å². The summed E-state index contributed by atoms with van der Waals surface area (Å²) in [7, 11) is 0. The molecule has 1 aromatic heterocycles. The number of hydrogen-bond acceptors (Lipinski definition) is 3. The molecular formula is C15H24N2S. The summed E-state index contributed by atoms with van der Waals surface area (Å²) in [5.41, 5.74) is 0. The van der Waals surface area contributed by atoms with E-state index >= 15 is 0 Å². The third-order valence-corrected chi connectivity index (χ3v) is 5.76. The highest BCUT2D eigenvalue weighted by Crippen LogP contribution is 2.30. The van der Waals surface area contributed by atoms with Gasteiger partial charge in [0.1, 0.15) is 0 Å². The monoisotopic (exact) mass is 264 g/mol. The third kappa shape index (κ3) is 2.49. The summed E-state index contributed by atoms with van der Waals surface area (Å²) in [4.78, 5) is 8.38. The van der Waals surface area contributed by atoms with Crippen LogP contribution in [0.5, 0.6) is 0 Å². The Kier molecular flexibility index (Phi) is 3.73. The molecule has 3 rings (SSSR count). The lowest BCUT2D eigenvalue weighted by Crippen LogP contribution is -2.55. The number of fused-ring (bicyclic) bond motifs is 1. The van der Waals surface area contributed by atoms with Crippen molar-refractivity contribution in [2.75, 3.05) is 26.2 Å². The molecule has 2 aliphatic heterocycles. The van der Waals surface area contributed by atoms with Gasteiger partial charge in [-0.2, -0.15) is 0 Å². The molecule has 2 aliphatic rings. The fourth-order valence-corrected chi connectivity index (χ4v) is 4.35. The van der Waals surface area contributed by atoms with Crippen molar-refractivity contribution in [1.82, 2.24) is 9.80 Å². The number of piperazine rings is 1. The van der Waals surface area contributed by atoms with Gasteiger partial charge in [0, 0.05) is 41.5 Å². The SMILES string of the molecule is Cc1ccc(C(C)N2CCN3CCCCC3C2)s1. The quantitative estimate of drug-likeness (QED) is 0.809. The number of nitrogens with zero attached hydrogens (tertiary/aromatic N) is 2. The van der Waals surface area contributed by atoms with Crippen LogP contribution in [-0.4, -0.2) is 42.0 Å². The highest BCUT2D eigenvalue weighted by atomic mass is 32.1. The number of rotatable bonds is 2. The predicted molar refractivity (Wildman–Crippen MR) is 78.3 cm³/mol. The molecule has 0 radical (unpaired) electrons. The summed E-state index contributed by atoms with van der Waals surface area (Å²) in [6.07, 6.45) is 4.25. The summed E-state index contributed by atoms with van der Waals surface area (Å²) >= 11 is 1.96. The van der Waals surface area contributed by atoms with Gasteiger partial charge in [0.2, 0.25) is 0 Å². The third-order valence-electron chi connectivity index (χ3n) is 4.59. The zero-order valence-electron chi connectivity index (χ0n) is 11.6. The maximum Gasteiger partial charge on any atom is 0.0414 e. The van der Waals surface area contributed by atoms with Crippen LogP contribution >= 0.6 is 11.3 Å². The molecule has 0 N–H and O–H groups in total. The Morgan fingerprint density at radius 3 is 2.89 bits per heavy atom. The van der Waals surface area contributed by atoms with Crippen molar-refractivity contribution in [2.45, 2.75) is 45.2 Å². The molecule has 3 heteroatoms. The lowest BCUT2D eigenvalue weighted by atomic mass is 9.98. The molecule has 0 aromatic carbocycles. The van der Waals surface area contributed by atoms with Gasteiger partial charge in [-0.3, -0.25) is 9.80 Å². The van der Waals surface area contributed by atoms with Gasteiger partial charge < -0.3 is 0 Å². The number of thiophene rings is 1. The van der Waals surface area contributed by atoms with Crippen molar-refractivity contribution in [3.05, 3.63) is 21.9 Å². The van der Waals surface area contributed by atoms with Crippen LogP contribution in [0.25, 0.3) is 0 Å². The van der Waals surface area contributed by atoms with E-state index < -0.39 is 0 Å². The van der Waals surface area contributed by atoms with E-state index in [0.717, 1.165) is 6.04 Å². The Balaban J connectivity index is 1.66. The van der Waals surface area contributed by atoms with Crippen LogP contribution in [0.2, 0.25) is 0 Å². The summed E-state index contributed by atoms with van der Waals surface area (Å²) in [6.45, 7) is 9.72. The molecule has 18 heavy (non-hydrogen) atoms. The first kappa shape index (κ1) is 12.6. The second kappa shape index (κ2) is 5.32. The Bertz CT molecular complexity index is 401. The van der Waals surface area contributed by atoms with Crippen LogP contribution in [0.1, 0.15) is 42.0 Å². The van der Waals surface area contributed by atoms with Crippen LogP contribution in [-0.2, 0) is 0 Å². The first-order valence-electron chi connectivity index (χ1n) is 7.28.